The van der Waals surface area contributed by atoms with Gasteiger partial charge in [-0.05, 0) is 12.5 Å². The van der Waals surface area contributed by atoms with Crippen molar-refractivity contribution < 1.29 is 9.84 Å². The van der Waals surface area contributed by atoms with Gasteiger partial charge in [0.25, 0.3) is 0 Å². The quantitative estimate of drug-likeness (QED) is 0.641. The summed E-state index contributed by atoms with van der Waals surface area (Å²) < 4.78 is 6.66. The fourth-order valence-corrected chi connectivity index (χ4v) is 1.60. The molecule has 1 rings (SSSR count). The summed E-state index contributed by atoms with van der Waals surface area (Å²) in [5.41, 5.74) is 0.289. The smallest absolute Gasteiger partial charge is 0.0784 e. The first kappa shape index (κ1) is 13.2. The number of aliphatic hydroxyl groups is 1. The molecule has 1 aromatic heterocycles. The van der Waals surface area contributed by atoms with Crippen LogP contribution in [0, 0.1) is 0 Å². The molecule has 1 unspecified atom stereocenters. The van der Waals surface area contributed by atoms with Crippen LogP contribution in [0.5, 0.6) is 0 Å². The molecule has 0 saturated carbocycles. The molecule has 5 heteroatoms. The van der Waals surface area contributed by atoms with Gasteiger partial charge in [0.2, 0.25) is 0 Å². The molecule has 0 bridgehead atoms. The van der Waals surface area contributed by atoms with E-state index in [4.69, 9.17) is 4.74 Å². The Bertz CT molecular complexity index is 310. The molecule has 0 amide bonds. The van der Waals surface area contributed by atoms with Gasteiger partial charge in [0, 0.05) is 39.9 Å². The van der Waals surface area contributed by atoms with Gasteiger partial charge >= 0.3 is 0 Å². The van der Waals surface area contributed by atoms with Crippen LogP contribution in [0.4, 0.5) is 0 Å². The van der Waals surface area contributed by atoms with Crippen LogP contribution in [0.3, 0.4) is 0 Å². The third kappa shape index (κ3) is 4.74. The zero-order valence-electron chi connectivity index (χ0n) is 10.2. The Balaban J connectivity index is 2.33. The van der Waals surface area contributed by atoms with E-state index in [9.17, 15) is 5.11 Å². The van der Waals surface area contributed by atoms with E-state index in [0.717, 1.165) is 12.1 Å². The zero-order chi connectivity index (χ0) is 12.0. The number of aryl methyl sites for hydroxylation is 1. The molecule has 16 heavy (non-hydrogen) atoms. The van der Waals surface area contributed by atoms with E-state index in [1.807, 2.05) is 20.2 Å². The molecule has 0 saturated heterocycles. The highest BCUT2D eigenvalue weighted by molar-refractivity contribution is 5.07. The van der Waals surface area contributed by atoms with Crippen molar-refractivity contribution in [1.29, 1.82) is 0 Å². The van der Waals surface area contributed by atoms with Crippen LogP contribution in [0.15, 0.2) is 12.4 Å². The number of methoxy groups -OCH3 is 1. The average Bonchev–Trinajstić information content (AvgIpc) is 2.58. The molecule has 1 atom stereocenters. The number of aromatic nitrogens is 2. The molecule has 0 aliphatic heterocycles. The van der Waals surface area contributed by atoms with Gasteiger partial charge in [0.15, 0.2) is 0 Å². The van der Waals surface area contributed by atoms with Crippen LogP contribution >= 0.6 is 0 Å². The van der Waals surface area contributed by atoms with Crippen LogP contribution in [-0.2, 0) is 18.2 Å². The van der Waals surface area contributed by atoms with Gasteiger partial charge in [-0.15, -0.1) is 0 Å². The summed E-state index contributed by atoms with van der Waals surface area (Å²) in [6.07, 6.45) is 4.30. The highest BCUT2D eigenvalue weighted by atomic mass is 16.5. The highest BCUT2D eigenvalue weighted by Crippen LogP contribution is 2.11. The van der Waals surface area contributed by atoms with Gasteiger partial charge in [-0.2, -0.15) is 5.10 Å². The van der Waals surface area contributed by atoms with Gasteiger partial charge < -0.3 is 15.2 Å². The molecule has 92 valence electrons. The molecule has 0 aliphatic carbocycles. The van der Waals surface area contributed by atoms with E-state index in [2.05, 4.69) is 10.4 Å². The van der Waals surface area contributed by atoms with Crippen LogP contribution < -0.4 is 5.32 Å². The second-order valence-corrected chi connectivity index (χ2v) is 4.37. The Morgan fingerprint density at radius 3 is 2.94 bits per heavy atom. The van der Waals surface area contributed by atoms with Gasteiger partial charge in [-0.25, -0.2) is 0 Å². The van der Waals surface area contributed by atoms with E-state index >= 15 is 0 Å². The normalized spacial score (nSPS) is 15.0. The lowest BCUT2D eigenvalue weighted by atomic mass is 9.99. The average molecular weight is 227 g/mol. The van der Waals surface area contributed by atoms with Crippen molar-refractivity contribution in [1.82, 2.24) is 15.1 Å². The Morgan fingerprint density at radius 1 is 1.62 bits per heavy atom. The molecular weight excluding hydrogens is 206 g/mol. The summed E-state index contributed by atoms with van der Waals surface area (Å²) in [4.78, 5) is 0. The third-order valence-corrected chi connectivity index (χ3v) is 2.33. The summed E-state index contributed by atoms with van der Waals surface area (Å²) in [6.45, 7) is 3.77. The fourth-order valence-electron chi connectivity index (χ4n) is 1.60. The minimum Gasteiger partial charge on any atom is -0.389 e. The van der Waals surface area contributed by atoms with E-state index in [-0.39, 0.29) is 0 Å². The molecule has 1 aromatic rings. The Morgan fingerprint density at radius 2 is 2.38 bits per heavy atom. The van der Waals surface area contributed by atoms with Crippen LogP contribution in [0.25, 0.3) is 0 Å². The number of nitrogens with zero attached hydrogens (tertiary/aromatic N) is 2. The predicted octanol–water partition coefficient (Wildman–Crippen LogP) is -0.0504. The molecule has 0 aromatic carbocycles. The maximum atomic E-state index is 10.1. The fraction of sp³-hybridized carbons (Fsp3) is 0.727. The Labute approximate surface area is 96.4 Å². The van der Waals surface area contributed by atoms with Crippen molar-refractivity contribution in [2.45, 2.75) is 18.9 Å². The summed E-state index contributed by atoms with van der Waals surface area (Å²) in [7, 11) is 3.53. The van der Waals surface area contributed by atoms with Crippen molar-refractivity contribution in [3.05, 3.63) is 18.0 Å². The van der Waals surface area contributed by atoms with Crippen molar-refractivity contribution in [3.8, 4) is 0 Å². The van der Waals surface area contributed by atoms with Crippen molar-refractivity contribution >= 4 is 0 Å². The standard InChI is InChI=1S/C11H21N3O2/c1-11(15,9-12-4-5-16-3)6-10-7-13-14(2)8-10/h7-8,12,15H,4-6,9H2,1-3H3. The summed E-state index contributed by atoms with van der Waals surface area (Å²) in [5.74, 6) is 0. The minimum absolute atomic E-state index is 0.547. The van der Waals surface area contributed by atoms with E-state index in [1.165, 1.54) is 0 Å². The maximum absolute atomic E-state index is 10.1. The maximum Gasteiger partial charge on any atom is 0.0784 e. The molecule has 0 aliphatic rings. The van der Waals surface area contributed by atoms with E-state index in [1.54, 1.807) is 18.0 Å². The van der Waals surface area contributed by atoms with Gasteiger partial charge in [0.1, 0.15) is 0 Å². The second-order valence-electron chi connectivity index (χ2n) is 4.37. The molecular formula is C11H21N3O2. The monoisotopic (exact) mass is 227 g/mol. The Kier molecular flexibility index (Phi) is 4.92. The summed E-state index contributed by atoms with van der Waals surface area (Å²) in [6, 6.07) is 0. The minimum atomic E-state index is -0.753. The number of nitrogens with one attached hydrogen (secondary N) is 1. The lowest BCUT2D eigenvalue weighted by molar-refractivity contribution is 0.0581. The van der Waals surface area contributed by atoms with Crippen molar-refractivity contribution in [3.63, 3.8) is 0 Å². The first-order valence-corrected chi connectivity index (χ1v) is 5.43. The molecule has 0 fully saturated rings. The van der Waals surface area contributed by atoms with Crippen LogP contribution in [0.2, 0.25) is 0 Å². The number of hydrogen-bond donors (Lipinski definition) is 2. The van der Waals surface area contributed by atoms with Gasteiger partial charge in [0.05, 0.1) is 18.4 Å². The third-order valence-electron chi connectivity index (χ3n) is 2.33. The Hall–Kier alpha value is -0.910. The number of ether oxygens (including phenoxy) is 1. The van der Waals surface area contributed by atoms with E-state index in [0.29, 0.717) is 19.6 Å². The lowest BCUT2D eigenvalue weighted by Gasteiger charge is -2.23. The molecule has 5 nitrogen and oxygen atoms in total. The van der Waals surface area contributed by atoms with Crippen LogP contribution in [-0.4, -0.2) is 47.3 Å². The largest absolute Gasteiger partial charge is 0.389 e. The molecule has 2 N–H and O–H groups in total. The van der Waals surface area contributed by atoms with E-state index < -0.39 is 5.60 Å². The molecule has 1 heterocycles. The van der Waals surface area contributed by atoms with Gasteiger partial charge in [-0.3, -0.25) is 4.68 Å². The second kappa shape index (κ2) is 5.98. The first-order valence-electron chi connectivity index (χ1n) is 5.43. The summed E-state index contributed by atoms with van der Waals surface area (Å²) >= 11 is 0. The number of hydrogen-bond acceptors (Lipinski definition) is 4. The first-order chi connectivity index (χ1) is 7.53. The zero-order valence-corrected chi connectivity index (χ0v) is 10.2. The molecule has 0 spiro atoms. The van der Waals surface area contributed by atoms with Crippen LogP contribution in [0.1, 0.15) is 12.5 Å². The summed E-state index contributed by atoms with van der Waals surface area (Å²) in [5, 5.41) is 17.4. The van der Waals surface area contributed by atoms with Crippen molar-refractivity contribution in [2.75, 3.05) is 26.8 Å². The topological polar surface area (TPSA) is 59.3 Å². The highest BCUT2D eigenvalue weighted by Gasteiger charge is 2.20. The number of rotatable bonds is 7. The lowest BCUT2D eigenvalue weighted by Crippen LogP contribution is -2.40. The molecule has 0 radical (unpaired) electrons. The van der Waals surface area contributed by atoms with Gasteiger partial charge in [-0.1, -0.05) is 0 Å². The predicted molar refractivity (Wildman–Crippen MR) is 62.3 cm³/mol. The van der Waals surface area contributed by atoms with Crippen molar-refractivity contribution in [2.24, 2.45) is 7.05 Å². The SMILES string of the molecule is COCCNCC(C)(O)Cc1cnn(C)c1.